The molecule has 1 unspecified atom stereocenters. The molecule has 0 radical (unpaired) electrons. The minimum Gasteiger partial charge on any atom is -0.396 e. The summed E-state index contributed by atoms with van der Waals surface area (Å²) in [5.74, 6) is 0.797. The molecule has 1 rings (SSSR count). The van der Waals surface area contributed by atoms with Crippen LogP contribution in [0.1, 0.15) is 19.8 Å². The van der Waals surface area contributed by atoms with Crippen molar-refractivity contribution in [1.82, 2.24) is 9.97 Å². The van der Waals surface area contributed by atoms with E-state index in [9.17, 15) is 0 Å². The number of hydrogen-bond donors (Lipinski definition) is 2. The first-order chi connectivity index (χ1) is 6.74. The molecule has 1 aromatic heterocycles. The van der Waals surface area contributed by atoms with Crippen molar-refractivity contribution in [1.29, 1.82) is 0 Å². The minimum atomic E-state index is 0.233. The smallest absolute Gasteiger partial charge is 0.143 e. The molecule has 0 aliphatic heterocycles. The lowest BCUT2D eigenvalue weighted by atomic mass is 10.2. The van der Waals surface area contributed by atoms with E-state index in [1.54, 1.807) is 6.20 Å². The molecule has 78 valence electrons. The van der Waals surface area contributed by atoms with Gasteiger partial charge in [-0.15, -0.1) is 0 Å². The van der Waals surface area contributed by atoms with Crippen molar-refractivity contribution in [2.24, 2.45) is 0 Å². The third-order valence-electron chi connectivity index (χ3n) is 1.85. The molecular weight excluding hydrogens is 246 g/mol. The molecule has 1 atom stereocenters. The van der Waals surface area contributed by atoms with Gasteiger partial charge in [0.25, 0.3) is 0 Å². The van der Waals surface area contributed by atoms with Gasteiger partial charge in [0.2, 0.25) is 0 Å². The highest BCUT2D eigenvalue weighted by atomic mass is 79.9. The van der Waals surface area contributed by atoms with Crippen LogP contribution >= 0.6 is 15.9 Å². The SMILES string of the molecule is CC(CCCO)Nc1ncncc1Br. The van der Waals surface area contributed by atoms with Gasteiger partial charge in [0, 0.05) is 18.8 Å². The molecule has 0 spiro atoms. The number of nitrogens with zero attached hydrogens (tertiary/aromatic N) is 2. The van der Waals surface area contributed by atoms with E-state index in [-0.39, 0.29) is 6.61 Å². The first kappa shape index (κ1) is 11.4. The van der Waals surface area contributed by atoms with Gasteiger partial charge < -0.3 is 10.4 Å². The maximum absolute atomic E-state index is 8.67. The highest BCUT2D eigenvalue weighted by molar-refractivity contribution is 9.10. The van der Waals surface area contributed by atoms with Gasteiger partial charge in [-0.05, 0) is 35.7 Å². The third-order valence-corrected chi connectivity index (χ3v) is 2.43. The van der Waals surface area contributed by atoms with Gasteiger partial charge in [0.15, 0.2) is 0 Å². The zero-order chi connectivity index (χ0) is 10.4. The standard InChI is InChI=1S/C9H14BrN3O/c1-7(3-2-4-14)13-9-8(10)5-11-6-12-9/h5-7,14H,2-4H2,1H3,(H,11,12,13). The van der Waals surface area contributed by atoms with Crippen molar-refractivity contribution in [2.75, 3.05) is 11.9 Å². The van der Waals surface area contributed by atoms with Crippen molar-refractivity contribution in [3.05, 3.63) is 17.0 Å². The van der Waals surface area contributed by atoms with Gasteiger partial charge in [-0.25, -0.2) is 9.97 Å². The summed E-state index contributed by atoms with van der Waals surface area (Å²) in [6.45, 7) is 2.29. The molecule has 0 saturated carbocycles. The predicted molar refractivity (Wildman–Crippen MR) is 59.1 cm³/mol. The summed E-state index contributed by atoms with van der Waals surface area (Å²) in [5, 5.41) is 11.9. The Labute approximate surface area is 91.9 Å². The van der Waals surface area contributed by atoms with E-state index < -0.39 is 0 Å². The number of aliphatic hydroxyl groups excluding tert-OH is 1. The summed E-state index contributed by atoms with van der Waals surface area (Å²) in [6.07, 6.45) is 4.93. The summed E-state index contributed by atoms with van der Waals surface area (Å²) in [4.78, 5) is 7.97. The second-order valence-corrected chi connectivity index (χ2v) is 3.98. The highest BCUT2D eigenvalue weighted by Crippen LogP contribution is 2.18. The lowest BCUT2D eigenvalue weighted by Gasteiger charge is -2.14. The molecule has 2 N–H and O–H groups in total. The van der Waals surface area contributed by atoms with E-state index in [2.05, 4.69) is 38.1 Å². The molecule has 0 amide bonds. The number of anilines is 1. The van der Waals surface area contributed by atoms with E-state index >= 15 is 0 Å². The van der Waals surface area contributed by atoms with Crippen molar-refractivity contribution in [3.63, 3.8) is 0 Å². The second kappa shape index (κ2) is 5.93. The number of halogens is 1. The number of hydrogen-bond acceptors (Lipinski definition) is 4. The van der Waals surface area contributed by atoms with Crippen molar-refractivity contribution in [3.8, 4) is 0 Å². The van der Waals surface area contributed by atoms with Crippen molar-refractivity contribution < 1.29 is 5.11 Å². The molecule has 0 bridgehead atoms. The van der Waals surface area contributed by atoms with Crippen LogP contribution < -0.4 is 5.32 Å². The average Bonchev–Trinajstić information content (AvgIpc) is 2.18. The van der Waals surface area contributed by atoms with Crippen LogP contribution in [-0.2, 0) is 0 Å². The molecule has 0 aliphatic carbocycles. The maximum Gasteiger partial charge on any atom is 0.143 e. The number of aliphatic hydroxyl groups is 1. The van der Waals surface area contributed by atoms with Crippen LogP contribution in [0.15, 0.2) is 17.0 Å². The monoisotopic (exact) mass is 259 g/mol. The number of nitrogens with one attached hydrogen (secondary N) is 1. The largest absolute Gasteiger partial charge is 0.396 e. The lowest BCUT2D eigenvalue weighted by molar-refractivity contribution is 0.282. The molecule has 14 heavy (non-hydrogen) atoms. The fourth-order valence-corrected chi connectivity index (χ4v) is 1.46. The molecule has 0 fully saturated rings. The molecule has 1 aromatic rings. The van der Waals surface area contributed by atoms with Crippen molar-refractivity contribution >= 4 is 21.7 Å². The van der Waals surface area contributed by atoms with E-state index in [1.165, 1.54) is 6.33 Å². The van der Waals surface area contributed by atoms with Crippen LogP contribution in [0.4, 0.5) is 5.82 Å². The quantitative estimate of drug-likeness (QED) is 0.847. The van der Waals surface area contributed by atoms with Crippen LogP contribution in [-0.4, -0.2) is 27.7 Å². The highest BCUT2D eigenvalue weighted by Gasteiger charge is 2.05. The van der Waals surface area contributed by atoms with Crippen LogP contribution in [0, 0.1) is 0 Å². The molecule has 1 heterocycles. The number of rotatable bonds is 5. The average molecular weight is 260 g/mol. The zero-order valence-corrected chi connectivity index (χ0v) is 9.66. The van der Waals surface area contributed by atoms with E-state index in [0.717, 1.165) is 23.1 Å². The van der Waals surface area contributed by atoms with Crippen molar-refractivity contribution in [2.45, 2.75) is 25.8 Å². The Hall–Kier alpha value is -0.680. The number of aromatic nitrogens is 2. The van der Waals surface area contributed by atoms with Crippen LogP contribution in [0.3, 0.4) is 0 Å². The minimum absolute atomic E-state index is 0.233. The van der Waals surface area contributed by atoms with Crippen LogP contribution in [0.2, 0.25) is 0 Å². The normalized spacial score (nSPS) is 12.5. The molecule has 0 saturated heterocycles. The fraction of sp³-hybridized carbons (Fsp3) is 0.556. The first-order valence-electron chi connectivity index (χ1n) is 4.57. The van der Waals surface area contributed by atoms with Gasteiger partial charge in [-0.2, -0.15) is 0 Å². The topological polar surface area (TPSA) is 58.0 Å². The third kappa shape index (κ3) is 3.59. The van der Waals surface area contributed by atoms with E-state index in [0.29, 0.717) is 6.04 Å². The maximum atomic E-state index is 8.67. The Morgan fingerprint density at radius 2 is 2.43 bits per heavy atom. The fourth-order valence-electron chi connectivity index (χ4n) is 1.12. The Morgan fingerprint density at radius 1 is 1.64 bits per heavy atom. The Kier molecular flexibility index (Phi) is 4.82. The molecule has 0 aliphatic rings. The first-order valence-corrected chi connectivity index (χ1v) is 5.36. The lowest BCUT2D eigenvalue weighted by Crippen LogP contribution is -2.16. The zero-order valence-electron chi connectivity index (χ0n) is 8.07. The van der Waals surface area contributed by atoms with Crippen LogP contribution in [0.5, 0.6) is 0 Å². The summed E-state index contributed by atoms with van der Waals surface area (Å²) in [5.41, 5.74) is 0. The summed E-state index contributed by atoms with van der Waals surface area (Å²) < 4.78 is 0.857. The second-order valence-electron chi connectivity index (χ2n) is 3.13. The van der Waals surface area contributed by atoms with Gasteiger partial charge in [0.05, 0.1) is 4.47 Å². The Bertz CT molecular complexity index is 283. The molecule has 0 aromatic carbocycles. The summed E-state index contributed by atoms with van der Waals surface area (Å²) in [6, 6.07) is 0.299. The van der Waals surface area contributed by atoms with Gasteiger partial charge >= 0.3 is 0 Å². The Balaban J connectivity index is 2.47. The van der Waals surface area contributed by atoms with E-state index in [1.807, 2.05) is 0 Å². The van der Waals surface area contributed by atoms with Crippen LogP contribution in [0.25, 0.3) is 0 Å². The Morgan fingerprint density at radius 3 is 3.07 bits per heavy atom. The predicted octanol–water partition coefficient (Wildman–Crippen LogP) is 1.81. The van der Waals surface area contributed by atoms with Gasteiger partial charge in [-0.1, -0.05) is 0 Å². The summed E-state index contributed by atoms with van der Waals surface area (Å²) in [7, 11) is 0. The molecule has 4 nitrogen and oxygen atoms in total. The van der Waals surface area contributed by atoms with Gasteiger partial charge in [-0.3, -0.25) is 0 Å². The summed E-state index contributed by atoms with van der Waals surface area (Å²) >= 11 is 3.36. The molecular formula is C9H14BrN3O. The van der Waals surface area contributed by atoms with Gasteiger partial charge in [0.1, 0.15) is 12.1 Å². The van der Waals surface area contributed by atoms with E-state index in [4.69, 9.17) is 5.11 Å². The molecule has 5 heteroatoms.